The summed E-state index contributed by atoms with van der Waals surface area (Å²) in [6, 6.07) is 0. The van der Waals surface area contributed by atoms with Crippen molar-refractivity contribution in [3.63, 3.8) is 0 Å². The second-order valence-electron chi connectivity index (χ2n) is 4.97. The standard InChI is InChI=1S/C9H21NOS/c1-8(2,3)7-9(4,5)12(11)10-6/h10H,7H2,1-6H3. The van der Waals surface area contributed by atoms with Crippen LogP contribution in [-0.4, -0.2) is 16.0 Å². The summed E-state index contributed by atoms with van der Waals surface area (Å²) in [6.45, 7) is 10.6. The van der Waals surface area contributed by atoms with Crippen LogP contribution in [0.15, 0.2) is 0 Å². The summed E-state index contributed by atoms with van der Waals surface area (Å²) in [5.74, 6) is 0. The van der Waals surface area contributed by atoms with Gasteiger partial charge < -0.3 is 0 Å². The first-order valence-electron chi connectivity index (χ1n) is 4.28. The maximum absolute atomic E-state index is 11.5. The summed E-state index contributed by atoms with van der Waals surface area (Å²) in [5, 5.41) is 0. The molecule has 0 aromatic heterocycles. The van der Waals surface area contributed by atoms with E-state index in [0.717, 1.165) is 6.42 Å². The molecule has 0 radical (unpaired) electrons. The zero-order valence-corrected chi connectivity index (χ0v) is 9.84. The molecule has 0 aliphatic heterocycles. The van der Waals surface area contributed by atoms with Crippen molar-refractivity contribution in [2.24, 2.45) is 5.41 Å². The third kappa shape index (κ3) is 4.21. The molecular formula is C9H21NOS. The molecule has 0 aromatic carbocycles. The highest BCUT2D eigenvalue weighted by Crippen LogP contribution is 2.29. The molecule has 1 N–H and O–H groups in total. The Morgan fingerprint density at radius 1 is 1.17 bits per heavy atom. The molecule has 74 valence electrons. The highest BCUT2D eigenvalue weighted by molar-refractivity contribution is 7.84. The zero-order chi connectivity index (χ0) is 9.99. The fraction of sp³-hybridized carbons (Fsp3) is 1.00. The minimum atomic E-state index is -0.934. The van der Waals surface area contributed by atoms with Crippen LogP contribution in [0, 0.1) is 5.41 Å². The predicted octanol–water partition coefficient (Wildman–Crippen LogP) is 2.08. The van der Waals surface area contributed by atoms with Crippen LogP contribution >= 0.6 is 0 Å². The summed E-state index contributed by atoms with van der Waals surface area (Å²) in [7, 11) is 0.803. The molecule has 0 aromatic rings. The van der Waals surface area contributed by atoms with Crippen molar-refractivity contribution in [2.45, 2.75) is 45.8 Å². The normalized spacial score (nSPS) is 16.2. The van der Waals surface area contributed by atoms with E-state index in [9.17, 15) is 4.21 Å². The summed E-state index contributed by atoms with van der Waals surface area (Å²) < 4.78 is 14.2. The van der Waals surface area contributed by atoms with Crippen molar-refractivity contribution in [3.8, 4) is 0 Å². The molecule has 2 nitrogen and oxygen atoms in total. The zero-order valence-electron chi connectivity index (χ0n) is 9.02. The Labute approximate surface area is 78.7 Å². The third-order valence-electron chi connectivity index (χ3n) is 1.64. The summed E-state index contributed by atoms with van der Waals surface area (Å²) in [6.07, 6.45) is 0.952. The number of hydrogen-bond donors (Lipinski definition) is 1. The Morgan fingerprint density at radius 2 is 1.58 bits per heavy atom. The highest BCUT2D eigenvalue weighted by atomic mass is 32.2. The molecule has 1 atom stereocenters. The Balaban J connectivity index is 4.32. The fourth-order valence-corrected chi connectivity index (χ4v) is 2.74. The molecule has 1 unspecified atom stereocenters. The van der Waals surface area contributed by atoms with Crippen molar-refractivity contribution in [1.82, 2.24) is 4.72 Å². The van der Waals surface area contributed by atoms with Gasteiger partial charge in [0.25, 0.3) is 0 Å². The summed E-state index contributed by atoms with van der Waals surface area (Å²) in [4.78, 5) is 0. The Hall–Kier alpha value is 0.110. The van der Waals surface area contributed by atoms with Gasteiger partial charge in [-0.15, -0.1) is 0 Å². The van der Waals surface area contributed by atoms with Crippen molar-refractivity contribution in [2.75, 3.05) is 7.05 Å². The van der Waals surface area contributed by atoms with Gasteiger partial charge in [-0.05, 0) is 32.7 Å². The second-order valence-corrected chi connectivity index (χ2v) is 7.02. The molecule has 12 heavy (non-hydrogen) atoms. The van der Waals surface area contributed by atoms with Crippen LogP contribution in [0.3, 0.4) is 0 Å². The first kappa shape index (κ1) is 12.1. The average Bonchev–Trinajstić information content (AvgIpc) is 1.80. The van der Waals surface area contributed by atoms with Gasteiger partial charge in [0.1, 0.15) is 0 Å². The van der Waals surface area contributed by atoms with Gasteiger partial charge in [-0.1, -0.05) is 20.8 Å². The molecule has 0 amide bonds. The molecule has 0 bridgehead atoms. The molecule has 3 heteroatoms. The first-order chi connectivity index (χ1) is 5.19. The minimum Gasteiger partial charge on any atom is -0.242 e. The fourth-order valence-electron chi connectivity index (χ4n) is 1.62. The Morgan fingerprint density at radius 3 is 1.83 bits per heavy atom. The molecular weight excluding hydrogens is 170 g/mol. The van der Waals surface area contributed by atoms with E-state index in [1.807, 2.05) is 13.8 Å². The first-order valence-corrected chi connectivity index (χ1v) is 5.43. The van der Waals surface area contributed by atoms with E-state index < -0.39 is 11.0 Å². The molecule has 0 spiro atoms. The molecule has 0 rings (SSSR count). The Kier molecular flexibility index (Phi) is 3.91. The lowest BCUT2D eigenvalue weighted by atomic mass is 9.86. The van der Waals surface area contributed by atoms with Gasteiger partial charge in [0, 0.05) is 0 Å². The molecule has 0 fully saturated rings. The van der Waals surface area contributed by atoms with Gasteiger partial charge in [0.05, 0.1) is 15.7 Å². The van der Waals surface area contributed by atoms with E-state index >= 15 is 0 Å². The van der Waals surface area contributed by atoms with Crippen LogP contribution in [0.25, 0.3) is 0 Å². The van der Waals surface area contributed by atoms with E-state index in [1.54, 1.807) is 7.05 Å². The van der Waals surface area contributed by atoms with Gasteiger partial charge in [-0.25, -0.2) is 8.93 Å². The lowest BCUT2D eigenvalue weighted by Crippen LogP contribution is -2.37. The third-order valence-corrected chi connectivity index (χ3v) is 3.16. The minimum absolute atomic E-state index is 0.146. The largest absolute Gasteiger partial charge is 0.242 e. The van der Waals surface area contributed by atoms with Crippen molar-refractivity contribution in [1.29, 1.82) is 0 Å². The van der Waals surface area contributed by atoms with Gasteiger partial charge in [0.2, 0.25) is 0 Å². The van der Waals surface area contributed by atoms with Crippen molar-refractivity contribution < 1.29 is 4.21 Å². The number of hydrogen-bond acceptors (Lipinski definition) is 1. The van der Waals surface area contributed by atoms with Crippen molar-refractivity contribution in [3.05, 3.63) is 0 Å². The monoisotopic (exact) mass is 191 g/mol. The molecule has 0 heterocycles. The van der Waals surface area contributed by atoms with Gasteiger partial charge in [-0.3, -0.25) is 0 Å². The van der Waals surface area contributed by atoms with Crippen LogP contribution in [0.4, 0.5) is 0 Å². The number of rotatable bonds is 3. The van der Waals surface area contributed by atoms with Gasteiger partial charge in [-0.2, -0.15) is 0 Å². The summed E-state index contributed by atoms with van der Waals surface area (Å²) in [5.41, 5.74) is 0.232. The van der Waals surface area contributed by atoms with Crippen molar-refractivity contribution >= 4 is 11.0 Å². The highest BCUT2D eigenvalue weighted by Gasteiger charge is 2.30. The van der Waals surface area contributed by atoms with Gasteiger partial charge >= 0.3 is 0 Å². The maximum Gasteiger partial charge on any atom is 0.0970 e. The SMILES string of the molecule is CNS(=O)C(C)(C)CC(C)(C)C. The van der Waals surface area contributed by atoms with Crippen LogP contribution in [0.1, 0.15) is 41.0 Å². The molecule has 0 saturated heterocycles. The van der Waals surface area contributed by atoms with Crippen LogP contribution in [0.2, 0.25) is 0 Å². The molecule has 0 saturated carbocycles. The average molecular weight is 191 g/mol. The van der Waals surface area contributed by atoms with E-state index in [-0.39, 0.29) is 10.2 Å². The smallest absolute Gasteiger partial charge is 0.0970 e. The van der Waals surface area contributed by atoms with Gasteiger partial charge in [0.15, 0.2) is 0 Å². The van der Waals surface area contributed by atoms with E-state index in [2.05, 4.69) is 25.5 Å². The topological polar surface area (TPSA) is 29.1 Å². The van der Waals surface area contributed by atoms with E-state index in [4.69, 9.17) is 0 Å². The Bertz CT molecular complexity index is 170. The lowest BCUT2D eigenvalue weighted by molar-refractivity contribution is 0.334. The molecule has 0 aliphatic rings. The maximum atomic E-state index is 11.5. The van der Waals surface area contributed by atoms with Crippen LogP contribution in [-0.2, 0) is 11.0 Å². The van der Waals surface area contributed by atoms with E-state index in [0.29, 0.717) is 0 Å². The molecule has 0 aliphatic carbocycles. The predicted molar refractivity (Wildman–Crippen MR) is 55.4 cm³/mol. The van der Waals surface area contributed by atoms with Crippen LogP contribution < -0.4 is 4.72 Å². The van der Waals surface area contributed by atoms with E-state index in [1.165, 1.54) is 0 Å². The van der Waals surface area contributed by atoms with Crippen LogP contribution in [0.5, 0.6) is 0 Å². The second kappa shape index (κ2) is 3.88. The quantitative estimate of drug-likeness (QED) is 0.727. The summed E-state index contributed by atoms with van der Waals surface area (Å²) >= 11 is 0. The number of nitrogens with one attached hydrogen (secondary N) is 1. The lowest BCUT2D eigenvalue weighted by Gasteiger charge is -2.30.